The number of hydrogen-bond acceptors (Lipinski definition) is 5. The minimum absolute atomic E-state index is 0.0713. The van der Waals surface area contributed by atoms with Crippen molar-refractivity contribution in [3.05, 3.63) is 31.1 Å². The highest BCUT2D eigenvalue weighted by atomic mass is 35.5. The molecule has 2 heterocycles. The van der Waals surface area contributed by atoms with E-state index in [2.05, 4.69) is 9.97 Å². The van der Waals surface area contributed by atoms with Gasteiger partial charge in [0.2, 0.25) is 0 Å². The Morgan fingerprint density at radius 2 is 1.61 bits per heavy atom. The number of hydrogen-bond donors (Lipinski definition) is 0. The van der Waals surface area contributed by atoms with Gasteiger partial charge >= 0.3 is 0 Å². The molecule has 2 aromatic rings. The van der Waals surface area contributed by atoms with Crippen molar-refractivity contribution < 1.29 is 4.79 Å². The minimum Gasteiger partial charge on any atom is -0.300 e. The molecule has 0 N–H and O–H groups in total. The lowest BCUT2D eigenvalue weighted by atomic mass is 9.96. The molecule has 2 aromatic heterocycles. The standard InChI is InChI=1S/C11H10Cl2N2OS2/c1-6(16)7(2-8-4-14-10(12)17-8)3-9-5-15-11(13)18-9/h4-5,7H,2-3H2,1H3. The molecule has 0 radical (unpaired) electrons. The first kappa shape index (κ1) is 13.9. The lowest BCUT2D eigenvalue weighted by Crippen LogP contribution is -2.15. The fourth-order valence-electron chi connectivity index (χ4n) is 1.60. The zero-order chi connectivity index (χ0) is 13.1. The van der Waals surface area contributed by atoms with E-state index >= 15 is 0 Å². The lowest BCUT2D eigenvalue weighted by Gasteiger charge is -2.10. The molecule has 0 amide bonds. The summed E-state index contributed by atoms with van der Waals surface area (Å²) >= 11 is 14.4. The number of halogens is 2. The Hall–Kier alpha value is -0.490. The Bertz CT molecular complexity index is 510. The summed E-state index contributed by atoms with van der Waals surface area (Å²) in [7, 11) is 0. The molecule has 7 heteroatoms. The molecular weight excluding hydrogens is 311 g/mol. The maximum absolute atomic E-state index is 11.7. The fourth-order valence-corrected chi connectivity index (χ4v) is 3.72. The van der Waals surface area contributed by atoms with Gasteiger partial charge in [-0.05, 0) is 19.8 Å². The molecule has 18 heavy (non-hydrogen) atoms. The van der Waals surface area contributed by atoms with Crippen molar-refractivity contribution in [2.45, 2.75) is 19.8 Å². The van der Waals surface area contributed by atoms with Gasteiger partial charge < -0.3 is 0 Å². The molecule has 0 spiro atoms. The van der Waals surface area contributed by atoms with Gasteiger partial charge in [-0.3, -0.25) is 4.79 Å². The van der Waals surface area contributed by atoms with Crippen LogP contribution in [0.2, 0.25) is 8.93 Å². The van der Waals surface area contributed by atoms with E-state index in [-0.39, 0.29) is 11.7 Å². The summed E-state index contributed by atoms with van der Waals surface area (Å²) in [5, 5.41) is 0. The number of rotatable bonds is 5. The summed E-state index contributed by atoms with van der Waals surface area (Å²) < 4.78 is 1.02. The van der Waals surface area contributed by atoms with Crippen LogP contribution in [0.4, 0.5) is 0 Å². The van der Waals surface area contributed by atoms with Gasteiger partial charge in [0.05, 0.1) is 0 Å². The molecule has 0 aliphatic heterocycles. The van der Waals surface area contributed by atoms with Crippen molar-refractivity contribution >= 4 is 51.7 Å². The van der Waals surface area contributed by atoms with Gasteiger partial charge in [0.15, 0.2) is 8.93 Å². The average Bonchev–Trinajstić information content (AvgIpc) is 2.87. The summed E-state index contributed by atoms with van der Waals surface area (Å²) in [6, 6.07) is 0. The molecule has 0 aliphatic carbocycles. The largest absolute Gasteiger partial charge is 0.300 e. The smallest absolute Gasteiger partial charge is 0.183 e. The van der Waals surface area contributed by atoms with Crippen LogP contribution in [0.15, 0.2) is 12.4 Å². The second-order valence-corrected chi connectivity index (χ2v) is 7.27. The van der Waals surface area contributed by atoms with Gasteiger partial charge in [-0.25, -0.2) is 9.97 Å². The molecule has 0 atom stereocenters. The molecule has 0 saturated carbocycles. The topological polar surface area (TPSA) is 42.9 Å². The first-order valence-corrected chi connectivity index (χ1v) is 7.64. The third kappa shape index (κ3) is 3.75. The SMILES string of the molecule is CC(=O)C(Cc1cnc(Cl)s1)Cc1cnc(Cl)s1. The Morgan fingerprint density at radius 1 is 1.17 bits per heavy atom. The van der Waals surface area contributed by atoms with Crippen LogP contribution in [0, 0.1) is 5.92 Å². The Kier molecular flexibility index (Phi) is 4.72. The number of nitrogens with zero attached hydrogens (tertiary/aromatic N) is 2. The van der Waals surface area contributed by atoms with Crippen molar-refractivity contribution in [2.75, 3.05) is 0 Å². The highest BCUT2D eigenvalue weighted by Gasteiger charge is 2.18. The van der Waals surface area contributed by atoms with E-state index in [1.54, 1.807) is 19.3 Å². The summed E-state index contributed by atoms with van der Waals surface area (Å²) in [5.74, 6) is 0.0853. The summed E-state index contributed by atoms with van der Waals surface area (Å²) in [6.07, 6.45) is 4.77. The zero-order valence-corrected chi connectivity index (χ0v) is 12.7. The van der Waals surface area contributed by atoms with E-state index in [9.17, 15) is 4.79 Å². The zero-order valence-electron chi connectivity index (χ0n) is 9.52. The van der Waals surface area contributed by atoms with Crippen molar-refractivity contribution in [3.8, 4) is 0 Å². The molecular formula is C11H10Cl2N2OS2. The number of thiazole rings is 2. The fraction of sp³-hybridized carbons (Fsp3) is 0.364. The normalized spacial score (nSPS) is 11.1. The van der Waals surface area contributed by atoms with Gasteiger partial charge in [0.25, 0.3) is 0 Å². The molecule has 0 fully saturated rings. The van der Waals surface area contributed by atoms with E-state index in [0.29, 0.717) is 21.8 Å². The van der Waals surface area contributed by atoms with E-state index in [4.69, 9.17) is 23.2 Å². The van der Waals surface area contributed by atoms with Gasteiger partial charge in [-0.1, -0.05) is 23.2 Å². The highest BCUT2D eigenvalue weighted by molar-refractivity contribution is 7.16. The first-order valence-electron chi connectivity index (χ1n) is 5.25. The number of carbonyl (C=O) groups excluding carboxylic acids is 1. The quantitative estimate of drug-likeness (QED) is 0.839. The van der Waals surface area contributed by atoms with E-state index in [1.165, 1.54) is 22.7 Å². The van der Waals surface area contributed by atoms with E-state index < -0.39 is 0 Å². The molecule has 0 aliphatic rings. The summed E-state index contributed by atoms with van der Waals surface area (Å²) in [6.45, 7) is 1.61. The monoisotopic (exact) mass is 320 g/mol. The molecule has 0 bridgehead atoms. The molecule has 2 rings (SSSR count). The predicted octanol–water partition coefficient (Wildman–Crippen LogP) is 3.90. The van der Waals surface area contributed by atoms with Crippen LogP contribution in [-0.2, 0) is 17.6 Å². The molecule has 0 unspecified atom stereocenters. The summed E-state index contributed by atoms with van der Waals surface area (Å²) in [5.41, 5.74) is 0. The number of Topliss-reactive ketones (excluding diaryl/α,β-unsaturated/α-hetero) is 1. The maximum Gasteiger partial charge on any atom is 0.183 e. The van der Waals surface area contributed by atoms with Crippen LogP contribution in [0.1, 0.15) is 16.7 Å². The van der Waals surface area contributed by atoms with Crippen LogP contribution < -0.4 is 0 Å². The lowest BCUT2D eigenvalue weighted by molar-refractivity contribution is -0.120. The van der Waals surface area contributed by atoms with Gasteiger partial charge in [0.1, 0.15) is 5.78 Å². The van der Waals surface area contributed by atoms with Crippen molar-refractivity contribution in [1.82, 2.24) is 9.97 Å². The average molecular weight is 321 g/mol. The number of ketones is 1. The van der Waals surface area contributed by atoms with Crippen LogP contribution in [0.5, 0.6) is 0 Å². The Balaban J connectivity index is 2.06. The van der Waals surface area contributed by atoms with Crippen LogP contribution in [0.3, 0.4) is 0 Å². The second kappa shape index (κ2) is 6.10. The molecule has 0 aromatic carbocycles. The van der Waals surface area contributed by atoms with Gasteiger partial charge in [0, 0.05) is 28.1 Å². The second-order valence-electron chi connectivity index (χ2n) is 3.87. The van der Waals surface area contributed by atoms with Crippen LogP contribution >= 0.6 is 45.9 Å². The highest BCUT2D eigenvalue weighted by Crippen LogP contribution is 2.25. The Morgan fingerprint density at radius 3 is 1.89 bits per heavy atom. The molecule has 0 saturated heterocycles. The third-order valence-corrected chi connectivity index (χ3v) is 4.80. The predicted molar refractivity (Wildman–Crippen MR) is 75.8 cm³/mol. The van der Waals surface area contributed by atoms with Crippen molar-refractivity contribution in [3.63, 3.8) is 0 Å². The van der Waals surface area contributed by atoms with Gasteiger partial charge in [-0.2, -0.15) is 0 Å². The maximum atomic E-state index is 11.7. The van der Waals surface area contributed by atoms with Gasteiger partial charge in [-0.15, -0.1) is 22.7 Å². The molecule has 3 nitrogen and oxygen atoms in total. The van der Waals surface area contributed by atoms with Crippen molar-refractivity contribution in [2.24, 2.45) is 5.92 Å². The number of aromatic nitrogens is 2. The minimum atomic E-state index is -0.0713. The molecule has 96 valence electrons. The Labute approximate surface area is 123 Å². The number of carbonyl (C=O) groups is 1. The first-order chi connectivity index (χ1) is 8.54. The third-order valence-electron chi connectivity index (χ3n) is 2.52. The van der Waals surface area contributed by atoms with E-state index in [1.807, 2.05) is 0 Å². The van der Waals surface area contributed by atoms with E-state index in [0.717, 1.165) is 9.75 Å². The van der Waals surface area contributed by atoms with Crippen LogP contribution in [0.25, 0.3) is 0 Å². The van der Waals surface area contributed by atoms with Crippen LogP contribution in [-0.4, -0.2) is 15.8 Å². The summed E-state index contributed by atoms with van der Waals surface area (Å²) in [4.78, 5) is 21.7. The van der Waals surface area contributed by atoms with Crippen molar-refractivity contribution in [1.29, 1.82) is 0 Å².